The van der Waals surface area contributed by atoms with Gasteiger partial charge in [-0.15, -0.1) is 0 Å². The van der Waals surface area contributed by atoms with Gasteiger partial charge in [0.1, 0.15) is 5.78 Å². The van der Waals surface area contributed by atoms with E-state index in [2.05, 4.69) is 26.0 Å². The van der Waals surface area contributed by atoms with Gasteiger partial charge in [0.2, 0.25) is 0 Å². The van der Waals surface area contributed by atoms with Crippen molar-refractivity contribution in [1.82, 2.24) is 0 Å². The number of hydrogen-bond donors (Lipinski definition) is 1. The molecule has 1 saturated carbocycles. The lowest BCUT2D eigenvalue weighted by molar-refractivity contribution is -0.127. The van der Waals surface area contributed by atoms with Crippen LogP contribution in [0.1, 0.15) is 52.4 Å². The zero-order chi connectivity index (χ0) is 14.8. The Labute approximate surface area is 126 Å². The van der Waals surface area contributed by atoms with Gasteiger partial charge in [0.05, 0.1) is 5.76 Å². The summed E-state index contributed by atoms with van der Waals surface area (Å²) in [5, 5.41) is 9.84. The Morgan fingerprint density at radius 2 is 2.05 bits per heavy atom. The molecule has 0 spiro atoms. The van der Waals surface area contributed by atoms with E-state index >= 15 is 0 Å². The molecular weight excluding hydrogens is 260 g/mol. The topological polar surface area (TPSA) is 37.3 Å². The molecule has 0 amide bonds. The van der Waals surface area contributed by atoms with E-state index in [0.717, 1.165) is 38.5 Å². The van der Waals surface area contributed by atoms with Crippen LogP contribution in [0.4, 0.5) is 0 Å². The lowest BCUT2D eigenvalue weighted by Crippen LogP contribution is -2.43. The lowest BCUT2D eigenvalue weighted by atomic mass is 9.53. The number of allylic oxidation sites excluding steroid dienone is 6. The lowest BCUT2D eigenvalue weighted by Gasteiger charge is -2.50. The number of ketones is 1. The molecule has 0 saturated heterocycles. The maximum absolute atomic E-state index is 12.3. The maximum atomic E-state index is 12.3. The van der Waals surface area contributed by atoms with Crippen molar-refractivity contribution in [3.05, 3.63) is 35.1 Å². The third kappa shape index (κ3) is 1.62. The average Bonchev–Trinajstić information content (AvgIpc) is 2.76. The molecule has 2 nitrogen and oxygen atoms in total. The van der Waals surface area contributed by atoms with Gasteiger partial charge >= 0.3 is 0 Å². The number of fused-ring (bicyclic) bond motifs is 5. The molecule has 0 aromatic heterocycles. The van der Waals surface area contributed by atoms with Gasteiger partial charge in [0.25, 0.3) is 0 Å². The summed E-state index contributed by atoms with van der Waals surface area (Å²) in [6.07, 6.45) is 12.3. The first kappa shape index (κ1) is 13.4. The third-order valence-corrected chi connectivity index (χ3v) is 6.84. The molecule has 4 rings (SSSR count). The molecule has 21 heavy (non-hydrogen) atoms. The average molecular weight is 284 g/mol. The number of hydrogen-bond acceptors (Lipinski definition) is 2. The fraction of sp³-hybridized carbons (Fsp3) is 0.632. The fourth-order valence-corrected chi connectivity index (χ4v) is 5.41. The van der Waals surface area contributed by atoms with Crippen molar-refractivity contribution in [3.8, 4) is 0 Å². The number of aliphatic hydroxyl groups excluding tert-OH is 1. The molecular formula is C19H24O2. The summed E-state index contributed by atoms with van der Waals surface area (Å²) in [5.74, 6) is 2.06. The molecule has 4 aliphatic rings. The first-order valence-corrected chi connectivity index (χ1v) is 8.29. The predicted octanol–water partition coefficient (Wildman–Crippen LogP) is 4.49. The van der Waals surface area contributed by atoms with Crippen molar-refractivity contribution >= 4 is 5.78 Å². The van der Waals surface area contributed by atoms with E-state index in [4.69, 9.17) is 0 Å². The first-order valence-electron chi connectivity index (χ1n) is 8.29. The Balaban J connectivity index is 1.79. The number of carbonyl (C=O) groups is 1. The number of Topliss-reactive ketones (excluding diaryl/α,β-unsaturated/α-hetero) is 1. The van der Waals surface area contributed by atoms with Gasteiger partial charge < -0.3 is 5.11 Å². The number of rotatable bonds is 0. The van der Waals surface area contributed by atoms with Gasteiger partial charge in [-0.3, -0.25) is 4.79 Å². The second-order valence-corrected chi connectivity index (χ2v) is 7.82. The molecule has 1 fully saturated rings. The molecule has 0 heterocycles. The van der Waals surface area contributed by atoms with Crippen LogP contribution in [0.2, 0.25) is 0 Å². The Morgan fingerprint density at radius 1 is 1.24 bits per heavy atom. The van der Waals surface area contributed by atoms with E-state index in [-0.39, 0.29) is 10.8 Å². The molecule has 0 radical (unpaired) electrons. The van der Waals surface area contributed by atoms with Crippen molar-refractivity contribution in [2.45, 2.75) is 52.4 Å². The number of carbonyl (C=O) groups excluding carboxylic acids is 1. The number of aliphatic hydroxyl groups is 1. The first-order chi connectivity index (χ1) is 9.95. The van der Waals surface area contributed by atoms with Crippen LogP contribution in [-0.4, -0.2) is 10.9 Å². The van der Waals surface area contributed by atoms with E-state index in [1.165, 1.54) is 5.57 Å². The van der Waals surface area contributed by atoms with E-state index in [0.29, 0.717) is 23.4 Å². The van der Waals surface area contributed by atoms with Crippen LogP contribution in [0.5, 0.6) is 0 Å². The van der Waals surface area contributed by atoms with Crippen molar-refractivity contribution in [1.29, 1.82) is 0 Å². The summed E-state index contributed by atoms with van der Waals surface area (Å²) in [6.45, 7) is 4.52. The fourth-order valence-electron chi connectivity index (χ4n) is 5.41. The molecule has 0 aromatic rings. The molecule has 0 unspecified atom stereocenters. The van der Waals surface area contributed by atoms with Gasteiger partial charge in [-0.05, 0) is 49.2 Å². The van der Waals surface area contributed by atoms with Gasteiger partial charge in [-0.1, -0.05) is 31.6 Å². The van der Waals surface area contributed by atoms with Crippen LogP contribution in [0.25, 0.3) is 0 Å². The van der Waals surface area contributed by atoms with Crippen LogP contribution < -0.4 is 0 Å². The normalized spacial score (nSPS) is 45.0. The highest BCUT2D eigenvalue weighted by Crippen LogP contribution is 2.61. The van der Waals surface area contributed by atoms with Gasteiger partial charge in [-0.25, -0.2) is 0 Å². The van der Waals surface area contributed by atoms with E-state index < -0.39 is 0 Å². The van der Waals surface area contributed by atoms with Gasteiger partial charge in [-0.2, -0.15) is 0 Å². The van der Waals surface area contributed by atoms with Gasteiger partial charge in [0.15, 0.2) is 0 Å². The van der Waals surface area contributed by atoms with Crippen LogP contribution >= 0.6 is 0 Å². The minimum atomic E-state index is -0.109. The smallest absolute Gasteiger partial charge is 0.139 e. The van der Waals surface area contributed by atoms with Crippen LogP contribution in [0.15, 0.2) is 35.1 Å². The molecule has 4 aliphatic carbocycles. The van der Waals surface area contributed by atoms with Crippen molar-refractivity contribution < 1.29 is 9.90 Å². The quantitative estimate of drug-likeness (QED) is 0.665. The zero-order valence-corrected chi connectivity index (χ0v) is 13.0. The summed E-state index contributed by atoms with van der Waals surface area (Å²) < 4.78 is 0. The molecule has 0 bridgehead atoms. The summed E-state index contributed by atoms with van der Waals surface area (Å²) in [7, 11) is 0. The molecule has 4 atom stereocenters. The van der Waals surface area contributed by atoms with E-state index in [1.54, 1.807) is 5.57 Å². The van der Waals surface area contributed by atoms with Crippen LogP contribution in [0.3, 0.4) is 0 Å². The van der Waals surface area contributed by atoms with Crippen LogP contribution in [0, 0.1) is 22.7 Å². The second-order valence-electron chi connectivity index (χ2n) is 7.82. The van der Waals surface area contributed by atoms with Crippen molar-refractivity contribution in [2.24, 2.45) is 22.7 Å². The summed E-state index contributed by atoms with van der Waals surface area (Å²) in [4.78, 5) is 12.3. The summed E-state index contributed by atoms with van der Waals surface area (Å²) in [5.41, 5.74) is 2.83. The minimum Gasteiger partial charge on any atom is -0.512 e. The van der Waals surface area contributed by atoms with E-state index in [1.807, 2.05) is 6.08 Å². The maximum Gasteiger partial charge on any atom is 0.139 e. The van der Waals surface area contributed by atoms with Crippen molar-refractivity contribution in [2.75, 3.05) is 0 Å². The zero-order valence-electron chi connectivity index (χ0n) is 13.0. The Hall–Kier alpha value is -1.31. The van der Waals surface area contributed by atoms with E-state index in [9.17, 15) is 9.90 Å². The monoisotopic (exact) mass is 284 g/mol. The molecule has 0 aromatic carbocycles. The van der Waals surface area contributed by atoms with Gasteiger partial charge in [0, 0.05) is 23.7 Å². The molecule has 112 valence electrons. The third-order valence-electron chi connectivity index (χ3n) is 6.84. The Kier molecular flexibility index (Phi) is 2.62. The van der Waals surface area contributed by atoms with Crippen LogP contribution in [-0.2, 0) is 4.79 Å². The highest BCUT2D eigenvalue weighted by molar-refractivity contribution is 5.87. The highest BCUT2D eigenvalue weighted by atomic mass is 16.3. The summed E-state index contributed by atoms with van der Waals surface area (Å²) in [6, 6.07) is 0. The molecule has 1 N–H and O–H groups in total. The predicted molar refractivity (Wildman–Crippen MR) is 82.8 cm³/mol. The van der Waals surface area contributed by atoms with Crippen molar-refractivity contribution in [3.63, 3.8) is 0 Å². The SMILES string of the molecule is C[C@]12CCC(O)=CC1=CC[C@@H]1C2=CC[C@]2(C)C(=O)CC[C@@H]12. The standard InChI is InChI=1S/C19H24O2/c1-18-9-7-13(20)11-12(18)3-4-14-15-5-6-17(21)19(15,2)10-8-16(14)18/h3,8,11,14-15,20H,4-7,9-10H2,1-2H3/t14-,15-,18-,19-/m0/s1. The molecule has 0 aliphatic heterocycles. The molecule has 2 heteroatoms. The minimum absolute atomic E-state index is 0.0854. The summed E-state index contributed by atoms with van der Waals surface area (Å²) >= 11 is 0. The Morgan fingerprint density at radius 3 is 2.86 bits per heavy atom. The second kappa shape index (κ2) is 4.12. The largest absolute Gasteiger partial charge is 0.512 e. The highest BCUT2D eigenvalue weighted by Gasteiger charge is 2.54. The Bertz CT molecular complexity index is 609.